The third-order valence-corrected chi connectivity index (χ3v) is 5.94. The molecule has 1 fully saturated rings. The van der Waals surface area contributed by atoms with Gasteiger partial charge in [0.15, 0.2) is 0 Å². The minimum Gasteiger partial charge on any atom is -0.373 e. The Kier molecular flexibility index (Phi) is 4.72. The van der Waals surface area contributed by atoms with E-state index in [2.05, 4.69) is 11.1 Å². The van der Waals surface area contributed by atoms with Crippen LogP contribution in [0.2, 0.25) is 0 Å². The molecule has 1 saturated heterocycles. The lowest BCUT2D eigenvalue weighted by atomic mass is 10.1. The van der Waals surface area contributed by atoms with Crippen LogP contribution < -0.4 is 10.5 Å². The van der Waals surface area contributed by atoms with Crippen molar-refractivity contribution in [3.63, 3.8) is 0 Å². The van der Waals surface area contributed by atoms with E-state index in [0.29, 0.717) is 55.1 Å². The van der Waals surface area contributed by atoms with E-state index < -0.39 is 11.7 Å². The van der Waals surface area contributed by atoms with Gasteiger partial charge in [0.25, 0.3) is 5.56 Å². The van der Waals surface area contributed by atoms with Crippen molar-refractivity contribution in [1.82, 2.24) is 14.5 Å². The molecule has 3 heterocycles. The molecular formula is C23H21F3N4O. The third kappa shape index (κ3) is 3.66. The monoisotopic (exact) mass is 426 g/mol. The molecule has 3 aromatic rings. The summed E-state index contributed by atoms with van der Waals surface area (Å²) in [6, 6.07) is 12.8. The number of fused-ring (bicyclic) bond motifs is 2. The molecule has 0 N–H and O–H groups in total. The molecule has 0 unspecified atom stereocenters. The molecule has 0 spiro atoms. The average molecular weight is 426 g/mol. The number of allylic oxidation sites excluding steroid dienone is 1. The van der Waals surface area contributed by atoms with Gasteiger partial charge in [-0.05, 0) is 36.8 Å². The summed E-state index contributed by atoms with van der Waals surface area (Å²) < 4.78 is 40.7. The van der Waals surface area contributed by atoms with E-state index >= 15 is 0 Å². The second kappa shape index (κ2) is 7.44. The molecule has 31 heavy (non-hydrogen) atoms. The van der Waals surface area contributed by atoms with Crippen LogP contribution in [0.1, 0.15) is 17.8 Å². The highest BCUT2D eigenvalue weighted by atomic mass is 19.4. The number of hydrogen-bond donors (Lipinski definition) is 0. The van der Waals surface area contributed by atoms with E-state index in [0.717, 1.165) is 18.1 Å². The van der Waals surface area contributed by atoms with Crippen LogP contribution in [-0.4, -0.2) is 40.6 Å². The van der Waals surface area contributed by atoms with Gasteiger partial charge in [-0.3, -0.25) is 9.36 Å². The van der Waals surface area contributed by atoms with Crippen LogP contribution in [0.3, 0.4) is 0 Å². The summed E-state index contributed by atoms with van der Waals surface area (Å²) in [4.78, 5) is 21.6. The van der Waals surface area contributed by atoms with E-state index in [1.165, 1.54) is 12.1 Å². The smallest absolute Gasteiger partial charge is 0.373 e. The Bertz CT molecular complexity index is 1220. The van der Waals surface area contributed by atoms with Crippen LogP contribution in [0.4, 0.5) is 18.9 Å². The van der Waals surface area contributed by atoms with Gasteiger partial charge in [-0.15, -0.1) is 0 Å². The molecule has 0 bridgehead atoms. The zero-order valence-corrected chi connectivity index (χ0v) is 16.8. The molecule has 2 aliphatic rings. The molecule has 8 heteroatoms. The lowest BCUT2D eigenvalue weighted by molar-refractivity contribution is -0.137. The lowest BCUT2D eigenvalue weighted by Gasteiger charge is -2.36. The molecule has 2 aromatic carbocycles. The topological polar surface area (TPSA) is 41.4 Å². The second-order valence-electron chi connectivity index (χ2n) is 7.88. The zero-order chi connectivity index (χ0) is 21.6. The molecule has 160 valence electrons. The van der Waals surface area contributed by atoms with Gasteiger partial charge >= 0.3 is 6.18 Å². The van der Waals surface area contributed by atoms with E-state index in [9.17, 15) is 18.0 Å². The summed E-state index contributed by atoms with van der Waals surface area (Å²) in [7, 11) is 0. The molecule has 0 radical (unpaired) electrons. The van der Waals surface area contributed by atoms with E-state index in [4.69, 9.17) is 4.98 Å². The van der Waals surface area contributed by atoms with Crippen LogP contribution in [0, 0.1) is 0 Å². The van der Waals surface area contributed by atoms with Gasteiger partial charge in [-0.2, -0.15) is 13.2 Å². The Morgan fingerprint density at radius 2 is 1.71 bits per heavy atom. The zero-order valence-electron chi connectivity index (χ0n) is 16.8. The number of nitrogens with zero attached hydrogens (tertiary/aromatic N) is 4. The summed E-state index contributed by atoms with van der Waals surface area (Å²) in [5.74, 6) is 0.712. The summed E-state index contributed by atoms with van der Waals surface area (Å²) in [5.41, 5.74) is 1.67. The quantitative estimate of drug-likeness (QED) is 0.622. The minimum atomic E-state index is -4.34. The fourth-order valence-electron chi connectivity index (χ4n) is 4.30. The highest BCUT2D eigenvalue weighted by molar-refractivity contribution is 5.79. The number of alkyl halides is 3. The van der Waals surface area contributed by atoms with Gasteiger partial charge in [0.2, 0.25) is 0 Å². The number of halogens is 3. The van der Waals surface area contributed by atoms with Gasteiger partial charge < -0.3 is 9.80 Å². The van der Waals surface area contributed by atoms with Crippen molar-refractivity contribution < 1.29 is 13.2 Å². The Morgan fingerprint density at radius 3 is 2.48 bits per heavy atom. The van der Waals surface area contributed by atoms with E-state index in [-0.39, 0.29) is 5.56 Å². The average Bonchev–Trinajstić information content (AvgIpc) is 3.17. The predicted molar refractivity (Wildman–Crippen MR) is 114 cm³/mol. The molecular weight excluding hydrogens is 405 g/mol. The summed E-state index contributed by atoms with van der Waals surface area (Å²) in [6.07, 6.45) is -1.54. The fraction of sp³-hybridized carbons (Fsp3) is 0.304. The van der Waals surface area contributed by atoms with Crippen molar-refractivity contribution in [2.75, 3.05) is 31.1 Å². The van der Waals surface area contributed by atoms with Crippen molar-refractivity contribution in [2.45, 2.75) is 19.1 Å². The number of hydrogen-bond acceptors (Lipinski definition) is 4. The molecule has 0 saturated carbocycles. The normalized spacial score (nSPS) is 18.1. The van der Waals surface area contributed by atoms with Crippen LogP contribution in [0.5, 0.6) is 0 Å². The first kappa shape index (κ1) is 19.7. The molecule has 2 aliphatic heterocycles. The van der Waals surface area contributed by atoms with Gasteiger partial charge in [0, 0.05) is 50.2 Å². The largest absolute Gasteiger partial charge is 0.416 e. The SMILES string of the molecule is O=c1c2ccccc2nc2n1CC/C2=C/N1CCN(c2cccc(C(F)(F)F)c2)CC1. The van der Waals surface area contributed by atoms with Gasteiger partial charge in [0.1, 0.15) is 5.82 Å². The summed E-state index contributed by atoms with van der Waals surface area (Å²) in [5, 5.41) is 0.627. The van der Waals surface area contributed by atoms with Gasteiger partial charge in [-0.1, -0.05) is 18.2 Å². The van der Waals surface area contributed by atoms with Crippen molar-refractivity contribution in [1.29, 1.82) is 0 Å². The lowest BCUT2D eigenvalue weighted by Crippen LogP contribution is -2.44. The van der Waals surface area contributed by atoms with Crippen LogP contribution in [0.15, 0.2) is 59.5 Å². The first-order valence-corrected chi connectivity index (χ1v) is 10.3. The maximum atomic E-state index is 13.0. The number of aromatic nitrogens is 2. The number of benzene rings is 2. The minimum absolute atomic E-state index is 0.0154. The van der Waals surface area contributed by atoms with E-state index in [1.54, 1.807) is 16.7 Å². The Labute approximate surface area is 177 Å². The Balaban J connectivity index is 1.34. The maximum absolute atomic E-state index is 13.0. The molecule has 5 rings (SSSR count). The number of anilines is 1. The Morgan fingerprint density at radius 1 is 0.935 bits per heavy atom. The number of rotatable bonds is 2. The predicted octanol–water partition coefficient (Wildman–Crippen LogP) is 3.98. The van der Waals surface area contributed by atoms with Crippen LogP contribution in [-0.2, 0) is 12.7 Å². The Hall–Kier alpha value is -3.29. The highest BCUT2D eigenvalue weighted by Gasteiger charge is 2.31. The first-order valence-electron chi connectivity index (χ1n) is 10.3. The fourth-order valence-corrected chi connectivity index (χ4v) is 4.30. The van der Waals surface area contributed by atoms with Crippen molar-refractivity contribution >= 4 is 22.2 Å². The maximum Gasteiger partial charge on any atom is 0.416 e. The molecule has 5 nitrogen and oxygen atoms in total. The summed E-state index contributed by atoms with van der Waals surface area (Å²) in [6.45, 7) is 3.25. The molecule has 1 aromatic heterocycles. The van der Waals surface area contributed by atoms with Crippen molar-refractivity contribution in [3.05, 3.63) is 76.5 Å². The molecule has 0 atom stereocenters. The number of piperazine rings is 1. The number of para-hydroxylation sites is 1. The first-order chi connectivity index (χ1) is 14.9. The second-order valence-corrected chi connectivity index (χ2v) is 7.88. The van der Waals surface area contributed by atoms with Gasteiger partial charge in [-0.25, -0.2) is 4.98 Å². The standard InChI is InChI=1S/C23H21F3N4O/c24-23(25,26)17-4-3-5-18(14-17)29-12-10-28(11-13-29)15-16-8-9-30-21(16)27-20-7-2-1-6-19(20)22(30)31/h1-7,14-15H,8-13H2/b16-15-. The molecule has 0 aliphatic carbocycles. The highest BCUT2D eigenvalue weighted by Crippen LogP contribution is 2.32. The van der Waals surface area contributed by atoms with Crippen LogP contribution in [0.25, 0.3) is 16.5 Å². The summed E-state index contributed by atoms with van der Waals surface area (Å²) >= 11 is 0. The third-order valence-electron chi connectivity index (χ3n) is 5.94. The van der Waals surface area contributed by atoms with Crippen molar-refractivity contribution in [3.8, 4) is 0 Å². The van der Waals surface area contributed by atoms with Crippen molar-refractivity contribution in [2.24, 2.45) is 0 Å². The van der Waals surface area contributed by atoms with Gasteiger partial charge in [0.05, 0.1) is 16.5 Å². The van der Waals surface area contributed by atoms with E-state index in [1.807, 2.05) is 23.1 Å². The van der Waals surface area contributed by atoms with Crippen LogP contribution >= 0.6 is 0 Å². The molecule has 0 amide bonds.